The molecular weight excluding hydrogens is 252 g/mol. The summed E-state index contributed by atoms with van der Waals surface area (Å²) in [6.07, 6.45) is 1.63. The number of aryl methyl sites for hydroxylation is 1. The number of rotatable bonds is 2. The van der Waals surface area contributed by atoms with E-state index in [1.54, 1.807) is 7.11 Å². The van der Waals surface area contributed by atoms with E-state index in [9.17, 15) is 9.59 Å². The highest BCUT2D eigenvalue weighted by molar-refractivity contribution is 7.16. The van der Waals surface area contributed by atoms with Crippen molar-refractivity contribution in [1.82, 2.24) is 9.55 Å². The van der Waals surface area contributed by atoms with Gasteiger partial charge in [-0.1, -0.05) is 0 Å². The number of aromatic amines is 1. The predicted molar refractivity (Wildman–Crippen MR) is 70.5 cm³/mol. The Morgan fingerprint density at radius 3 is 2.83 bits per heavy atom. The van der Waals surface area contributed by atoms with Crippen LogP contribution in [0.5, 0.6) is 0 Å². The topological polar surface area (TPSA) is 64.1 Å². The van der Waals surface area contributed by atoms with Gasteiger partial charge in [-0.2, -0.15) is 0 Å². The molecule has 2 aromatic rings. The maximum atomic E-state index is 12.4. The Labute approximate surface area is 107 Å². The van der Waals surface area contributed by atoms with E-state index in [-0.39, 0.29) is 23.4 Å². The predicted octanol–water partition coefficient (Wildman–Crippen LogP) is 1.41. The lowest BCUT2D eigenvalue weighted by Gasteiger charge is -2.34. The molecule has 0 radical (unpaired) electrons. The van der Waals surface area contributed by atoms with Crippen LogP contribution in [0.1, 0.15) is 24.4 Å². The van der Waals surface area contributed by atoms with Crippen molar-refractivity contribution in [2.45, 2.75) is 31.9 Å². The molecule has 0 atom stereocenters. The Hall–Kier alpha value is -1.40. The van der Waals surface area contributed by atoms with Gasteiger partial charge in [0.1, 0.15) is 4.83 Å². The summed E-state index contributed by atoms with van der Waals surface area (Å²) in [4.78, 5) is 27.8. The molecule has 0 amide bonds. The lowest BCUT2D eigenvalue weighted by molar-refractivity contribution is 0.00403. The van der Waals surface area contributed by atoms with Crippen molar-refractivity contribution >= 4 is 21.6 Å². The molecule has 1 aliphatic carbocycles. The molecule has 0 bridgehead atoms. The molecule has 2 aromatic heterocycles. The highest BCUT2D eigenvalue weighted by Gasteiger charge is 2.33. The number of nitrogens with one attached hydrogen (secondary N) is 1. The zero-order chi connectivity index (χ0) is 12.9. The van der Waals surface area contributed by atoms with Crippen molar-refractivity contribution in [2.24, 2.45) is 0 Å². The van der Waals surface area contributed by atoms with Crippen molar-refractivity contribution in [3.8, 4) is 0 Å². The quantitative estimate of drug-likeness (QED) is 0.894. The van der Waals surface area contributed by atoms with Crippen LogP contribution in [0.3, 0.4) is 0 Å². The Kier molecular flexibility index (Phi) is 2.64. The van der Waals surface area contributed by atoms with Gasteiger partial charge in [0.2, 0.25) is 0 Å². The third-order valence-electron chi connectivity index (χ3n) is 3.62. The first-order chi connectivity index (χ1) is 8.61. The maximum Gasteiger partial charge on any atom is 0.329 e. The molecule has 0 aromatic carbocycles. The second kappa shape index (κ2) is 4.07. The number of hydrogen-bond acceptors (Lipinski definition) is 4. The van der Waals surface area contributed by atoms with E-state index in [4.69, 9.17) is 4.74 Å². The molecular formula is C12H14N2O3S. The van der Waals surface area contributed by atoms with Crippen LogP contribution in [0, 0.1) is 6.92 Å². The van der Waals surface area contributed by atoms with E-state index >= 15 is 0 Å². The maximum absolute atomic E-state index is 12.4. The zero-order valence-corrected chi connectivity index (χ0v) is 11.0. The molecule has 3 rings (SSSR count). The molecule has 6 heteroatoms. The molecule has 1 fully saturated rings. The van der Waals surface area contributed by atoms with Crippen LogP contribution in [-0.4, -0.2) is 22.8 Å². The van der Waals surface area contributed by atoms with Crippen LogP contribution in [0.15, 0.2) is 15.0 Å². The van der Waals surface area contributed by atoms with Gasteiger partial charge in [0.05, 0.1) is 11.5 Å². The van der Waals surface area contributed by atoms with Crippen molar-refractivity contribution in [1.29, 1.82) is 0 Å². The highest BCUT2D eigenvalue weighted by atomic mass is 32.1. The summed E-state index contributed by atoms with van der Waals surface area (Å²) in [5.74, 6) is 0. The average molecular weight is 266 g/mol. The fourth-order valence-electron chi connectivity index (χ4n) is 2.44. The molecule has 1 N–H and O–H groups in total. The number of ether oxygens (including phenoxy) is 1. The molecule has 0 spiro atoms. The lowest BCUT2D eigenvalue weighted by atomic mass is 9.89. The number of nitrogens with zero attached hydrogens (tertiary/aromatic N) is 1. The first kappa shape index (κ1) is 11.7. The van der Waals surface area contributed by atoms with Crippen LogP contribution in [-0.2, 0) is 4.74 Å². The van der Waals surface area contributed by atoms with Gasteiger partial charge in [0.25, 0.3) is 5.56 Å². The van der Waals surface area contributed by atoms with E-state index in [2.05, 4.69) is 4.98 Å². The normalized spacial score (nSPS) is 23.2. The highest BCUT2D eigenvalue weighted by Crippen LogP contribution is 2.32. The van der Waals surface area contributed by atoms with Crippen molar-refractivity contribution in [2.75, 3.05) is 7.11 Å². The number of aromatic nitrogens is 2. The first-order valence-corrected chi connectivity index (χ1v) is 6.75. The minimum absolute atomic E-state index is 0.0325. The van der Waals surface area contributed by atoms with E-state index < -0.39 is 0 Å². The number of hydrogen-bond donors (Lipinski definition) is 1. The minimum atomic E-state index is -0.311. The summed E-state index contributed by atoms with van der Waals surface area (Å²) in [6, 6.07) is -0.0325. The average Bonchev–Trinajstić information content (AvgIpc) is 2.63. The summed E-state index contributed by atoms with van der Waals surface area (Å²) in [5, 5.41) is 2.53. The monoisotopic (exact) mass is 266 g/mol. The van der Waals surface area contributed by atoms with Gasteiger partial charge in [-0.05, 0) is 30.7 Å². The molecule has 0 saturated heterocycles. The minimum Gasteiger partial charge on any atom is -0.381 e. The van der Waals surface area contributed by atoms with E-state index in [1.807, 2.05) is 12.3 Å². The number of H-pyrrole nitrogens is 1. The summed E-state index contributed by atoms with van der Waals surface area (Å²) in [6.45, 7) is 1.89. The van der Waals surface area contributed by atoms with E-state index in [0.29, 0.717) is 10.2 Å². The molecule has 96 valence electrons. The van der Waals surface area contributed by atoms with Crippen LogP contribution in [0.4, 0.5) is 0 Å². The molecule has 0 aliphatic heterocycles. The van der Waals surface area contributed by atoms with Crippen molar-refractivity contribution < 1.29 is 4.74 Å². The lowest BCUT2D eigenvalue weighted by Crippen LogP contribution is -2.45. The third kappa shape index (κ3) is 1.56. The van der Waals surface area contributed by atoms with Gasteiger partial charge >= 0.3 is 5.69 Å². The largest absolute Gasteiger partial charge is 0.381 e. The SMILES string of the molecule is CO[C@H]1C[C@H](n2c(=O)[nH]c3scc(C)c3c2=O)C1. The van der Waals surface area contributed by atoms with Crippen LogP contribution < -0.4 is 11.2 Å². The zero-order valence-electron chi connectivity index (χ0n) is 10.2. The second-order valence-electron chi connectivity index (χ2n) is 4.71. The van der Waals surface area contributed by atoms with Crippen molar-refractivity contribution in [3.05, 3.63) is 31.8 Å². The van der Waals surface area contributed by atoms with Gasteiger partial charge in [-0.25, -0.2) is 4.79 Å². The molecule has 2 heterocycles. The summed E-state index contributed by atoms with van der Waals surface area (Å²) >= 11 is 1.40. The third-order valence-corrected chi connectivity index (χ3v) is 4.63. The molecule has 0 unspecified atom stereocenters. The van der Waals surface area contributed by atoms with Crippen LogP contribution >= 0.6 is 11.3 Å². The van der Waals surface area contributed by atoms with Gasteiger partial charge in [0, 0.05) is 13.2 Å². The Bertz CT molecular complexity index is 706. The molecule has 1 aliphatic rings. The Balaban J connectivity index is 2.15. The van der Waals surface area contributed by atoms with Gasteiger partial charge in [-0.15, -0.1) is 11.3 Å². The fourth-order valence-corrected chi connectivity index (χ4v) is 3.37. The number of thiophene rings is 1. The number of fused-ring (bicyclic) bond motifs is 1. The van der Waals surface area contributed by atoms with Crippen LogP contribution in [0.25, 0.3) is 10.2 Å². The van der Waals surface area contributed by atoms with Gasteiger partial charge < -0.3 is 4.74 Å². The fraction of sp³-hybridized carbons (Fsp3) is 0.500. The second-order valence-corrected chi connectivity index (χ2v) is 5.59. The smallest absolute Gasteiger partial charge is 0.329 e. The first-order valence-electron chi connectivity index (χ1n) is 5.87. The molecule has 1 saturated carbocycles. The Morgan fingerprint density at radius 2 is 2.17 bits per heavy atom. The van der Waals surface area contributed by atoms with Crippen LogP contribution in [0.2, 0.25) is 0 Å². The molecule has 18 heavy (non-hydrogen) atoms. The molecule has 5 nitrogen and oxygen atoms in total. The van der Waals surface area contributed by atoms with E-state index in [0.717, 1.165) is 18.4 Å². The standard InChI is InChI=1S/C12H14N2O3S/c1-6-5-18-10-9(6)11(15)14(12(16)13-10)7-3-8(4-7)17-2/h5,7-8H,3-4H2,1-2H3,(H,13,16)/t7-,8-. The van der Waals surface area contributed by atoms with Gasteiger partial charge in [0.15, 0.2) is 0 Å². The summed E-state index contributed by atoms with van der Waals surface area (Å²) < 4.78 is 6.53. The van der Waals surface area contributed by atoms with E-state index in [1.165, 1.54) is 15.9 Å². The Morgan fingerprint density at radius 1 is 1.44 bits per heavy atom. The van der Waals surface area contributed by atoms with Gasteiger partial charge in [-0.3, -0.25) is 14.3 Å². The number of methoxy groups -OCH3 is 1. The summed E-state index contributed by atoms with van der Waals surface area (Å²) in [7, 11) is 1.65. The van der Waals surface area contributed by atoms with Crippen molar-refractivity contribution in [3.63, 3.8) is 0 Å². The summed E-state index contributed by atoms with van der Waals surface area (Å²) in [5.41, 5.74) is 0.438.